The van der Waals surface area contributed by atoms with Crippen molar-refractivity contribution < 1.29 is 4.79 Å². The molecule has 1 amide bonds. The Morgan fingerprint density at radius 2 is 2.05 bits per heavy atom. The minimum atomic E-state index is 0. The molecule has 1 aromatic carbocycles. The summed E-state index contributed by atoms with van der Waals surface area (Å²) in [6, 6.07) is 10.4. The van der Waals surface area contributed by atoms with Gasteiger partial charge in [-0.05, 0) is 49.9 Å². The third kappa shape index (κ3) is 4.18. The molecule has 3 rings (SSSR count). The quantitative estimate of drug-likeness (QED) is 0.809. The molecule has 1 heterocycles. The van der Waals surface area contributed by atoms with Crippen LogP contribution in [0.25, 0.3) is 0 Å². The van der Waals surface area contributed by atoms with Gasteiger partial charge < -0.3 is 10.6 Å². The van der Waals surface area contributed by atoms with Gasteiger partial charge >= 0.3 is 0 Å². The van der Waals surface area contributed by atoms with Crippen LogP contribution in [0.15, 0.2) is 35.2 Å². The normalized spacial score (nSPS) is 23.4. The van der Waals surface area contributed by atoms with E-state index in [-0.39, 0.29) is 24.2 Å². The van der Waals surface area contributed by atoms with Gasteiger partial charge in [-0.15, -0.1) is 24.2 Å². The Bertz CT molecular complexity index is 491. The largest absolute Gasteiger partial charge is 0.355 e. The Balaban J connectivity index is 0.00000176. The summed E-state index contributed by atoms with van der Waals surface area (Å²) in [4.78, 5) is 13.6. The van der Waals surface area contributed by atoms with E-state index in [4.69, 9.17) is 0 Å². The molecule has 1 aliphatic carbocycles. The van der Waals surface area contributed by atoms with E-state index in [0.717, 1.165) is 26.1 Å². The molecule has 3 nitrogen and oxygen atoms in total. The topological polar surface area (TPSA) is 41.1 Å². The minimum Gasteiger partial charge on any atom is -0.355 e. The number of hydrogen-bond donors (Lipinski definition) is 2. The highest BCUT2D eigenvalue weighted by molar-refractivity contribution is 8.00. The van der Waals surface area contributed by atoms with E-state index < -0.39 is 0 Å². The standard InChI is InChI=1S/C17H24N2OS.ClH/c1-13(21-14-5-3-2-4-6-14)12-19-16(20)15-11-17(15)7-9-18-10-8-17;/h2-6,13,15,18H,7-12H2,1H3,(H,19,20);1H. The molecule has 2 unspecified atom stereocenters. The highest BCUT2D eigenvalue weighted by Crippen LogP contribution is 2.58. The van der Waals surface area contributed by atoms with E-state index in [1.165, 1.54) is 17.7 Å². The first kappa shape index (κ1) is 17.6. The van der Waals surface area contributed by atoms with Gasteiger partial charge in [0.2, 0.25) is 5.91 Å². The van der Waals surface area contributed by atoms with Crippen LogP contribution in [0, 0.1) is 11.3 Å². The zero-order valence-electron chi connectivity index (χ0n) is 13.0. The summed E-state index contributed by atoms with van der Waals surface area (Å²) >= 11 is 1.82. The Labute approximate surface area is 143 Å². The molecule has 22 heavy (non-hydrogen) atoms. The summed E-state index contributed by atoms with van der Waals surface area (Å²) in [6.07, 6.45) is 3.43. The number of benzene rings is 1. The molecule has 0 bridgehead atoms. The first-order valence-corrected chi connectivity index (χ1v) is 8.78. The van der Waals surface area contributed by atoms with Crippen LogP contribution in [0.1, 0.15) is 26.2 Å². The van der Waals surface area contributed by atoms with Crippen molar-refractivity contribution in [3.8, 4) is 0 Å². The highest BCUT2D eigenvalue weighted by atomic mass is 35.5. The Morgan fingerprint density at radius 1 is 1.36 bits per heavy atom. The van der Waals surface area contributed by atoms with Crippen molar-refractivity contribution in [2.24, 2.45) is 11.3 Å². The predicted octanol–water partition coefficient (Wildman–Crippen LogP) is 3.09. The molecular formula is C17H25ClN2OS. The zero-order chi connectivity index (χ0) is 14.7. The molecular weight excluding hydrogens is 316 g/mol. The summed E-state index contributed by atoms with van der Waals surface area (Å²) in [7, 11) is 0. The fourth-order valence-corrected chi connectivity index (χ4v) is 4.28. The van der Waals surface area contributed by atoms with Crippen LogP contribution in [0.3, 0.4) is 0 Å². The molecule has 2 fully saturated rings. The summed E-state index contributed by atoms with van der Waals surface area (Å²) in [6.45, 7) is 5.07. The Kier molecular flexibility index (Phi) is 6.18. The molecule has 1 aliphatic heterocycles. The smallest absolute Gasteiger partial charge is 0.223 e. The lowest BCUT2D eigenvalue weighted by molar-refractivity contribution is -0.123. The van der Waals surface area contributed by atoms with E-state index in [1.807, 2.05) is 17.8 Å². The average molecular weight is 341 g/mol. The van der Waals surface area contributed by atoms with Crippen molar-refractivity contribution in [1.29, 1.82) is 0 Å². The van der Waals surface area contributed by atoms with Crippen molar-refractivity contribution in [3.05, 3.63) is 30.3 Å². The lowest BCUT2D eigenvalue weighted by Crippen LogP contribution is -2.35. The number of hydrogen-bond acceptors (Lipinski definition) is 3. The van der Waals surface area contributed by atoms with Gasteiger partial charge in [-0.3, -0.25) is 4.79 Å². The second kappa shape index (κ2) is 7.71. The van der Waals surface area contributed by atoms with Crippen LogP contribution in [0.4, 0.5) is 0 Å². The molecule has 2 atom stereocenters. The molecule has 122 valence electrons. The average Bonchev–Trinajstić information content (AvgIpc) is 3.20. The van der Waals surface area contributed by atoms with E-state index in [2.05, 4.69) is 41.8 Å². The summed E-state index contributed by atoms with van der Waals surface area (Å²) in [5.74, 6) is 0.547. The fourth-order valence-electron chi connectivity index (χ4n) is 3.34. The van der Waals surface area contributed by atoms with Crippen molar-refractivity contribution in [1.82, 2.24) is 10.6 Å². The van der Waals surface area contributed by atoms with Crippen LogP contribution < -0.4 is 10.6 Å². The van der Waals surface area contributed by atoms with E-state index >= 15 is 0 Å². The van der Waals surface area contributed by atoms with Gasteiger partial charge in [-0.1, -0.05) is 25.1 Å². The molecule has 1 saturated carbocycles. The lowest BCUT2D eigenvalue weighted by Gasteiger charge is -2.23. The number of amides is 1. The van der Waals surface area contributed by atoms with Gasteiger partial charge in [-0.2, -0.15) is 0 Å². The lowest BCUT2D eigenvalue weighted by atomic mass is 9.92. The number of carbonyl (C=O) groups is 1. The van der Waals surface area contributed by atoms with Crippen LogP contribution in [0.2, 0.25) is 0 Å². The number of carbonyl (C=O) groups excluding carboxylic acids is 1. The predicted molar refractivity (Wildman–Crippen MR) is 94.7 cm³/mol. The molecule has 2 N–H and O–H groups in total. The molecule has 1 aromatic rings. The maximum atomic E-state index is 12.3. The molecule has 2 aliphatic rings. The number of rotatable bonds is 5. The minimum absolute atomic E-state index is 0. The first-order chi connectivity index (χ1) is 10.2. The summed E-state index contributed by atoms with van der Waals surface area (Å²) < 4.78 is 0. The van der Waals surface area contributed by atoms with Crippen molar-refractivity contribution >= 4 is 30.1 Å². The van der Waals surface area contributed by atoms with Gasteiger partial charge in [-0.25, -0.2) is 0 Å². The molecule has 5 heteroatoms. The monoisotopic (exact) mass is 340 g/mol. The second-order valence-electron chi connectivity index (χ2n) is 6.36. The Hall–Kier alpha value is -0.710. The van der Waals surface area contributed by atoms with Gasteiger partial charge in [0.1, 0.15) is 0 Å². The highest BCUT2D eigenvalue weighted by Gasteiger charge is 2.57. The summed E-state index contributed by atoms with van der Waals surface area (Å²) in [5, 5.41) is 6.94. The van der Waals surface area contributed by atoms with Crippen LogP contribution >= 0.6 is 24.2 Å². The van der Waals surface area contributed by atoms with Gasteiger partial charge in [0, 0.05) is 22.6 Å². The second-order valence-corrected chi connectivity index (χ2v) is 7.87. The summed E-state index contributed by atoms with van der Waals surface area (Å²) in [5.41, 5.74) is 0.338. The fraction of sp³-hybridized carbons (Fsp3) is 0.588. The molecule has 1 spiro atoms. The van der Waals surface area contributed by atoms with E-state index in [0.29, 0.717) is 10.7 Å². The maximum Gasteiger partial charge on any atom is 0.223 e. The number of halogens is 1. The van der Waals surface area contributed by atoms with Crippen molar-refractivity contribution in [2.45, 2.75) is 36.3 Å². The van der Waals surface area contributed by atoms with Crippen LogP contribution in [0.5, 0.6) is 0 Å². The van der Waals surface area contributed by atoms with E-state index in [1.54, 1.807) is 0 Å². The SMILES string of the molecule is CC(CNC(=O)C1CC12CCNCC2)Sc1ccccc1.Cl. The maximum absolute atomic E-state index is 12.3. The van der Waals surface area contributed by atoms with Gasteiger partial charge in [0.05, 0.1) is 0 Å². The van der Waals surface area contributed by atoms with E-state index in [9.17, 15) is 4.79 Å². The molecule has 1 saturated heterocycles. The third-order valence-corrected chi connectivity index (χ3v) is 5.86. The number of nitrogens with one attached hydrogen (secondary N) is 2. The third-order valence-electron chi connectivity index (χ3n) is 4.75. The van der Waals surface area contributed by atoms with Crippen LogP contribution in [-0.2, 0) is 4.79 Å². The van der Waals surface area contributed by atoms with Gasteiger partial charge in [0.25, 0.3) is 0 Å². The zero-order valence-corrected chi connectivity index (χ0v) is 14.6. The van der Waals surface area contributed by atoms with Crippen molar-refractivity contribution in [3.63, 3.8) is 0 Å². The number of piperidine rings is 1. The Morgan fingerprint density at radius 3 is 2.73 bits per heavy atom. The molecule has 0 aromatic heterocycles. The first-order valence-electron chi connectivity index (χ1n) is 7.90. The van der Waals surface area contributed by atoms with Gasteiger partial charge in [0.15, 0.2) is 0 Å². The number of thioether (sulfide) groups is 1. The van der Waals surface area contributed by atoms with Crippen LogP contribution in [-0.4, -0.2) is 30.8 Å². The molecule has 0 radical (unpaired) electrons. The van der Waals surface area contributed by atoms with Crippen molar-refractivity contribution in [2.75, 3.05) is 19.6 Å².